The van der Waals surface area contributed by atoms with E-state index in [1.54, 1.807) is 0 Å². The molecular formula is C12H19FN2O2S. The number of benzene rings is 1. The van der Waals surface area contributed by atoms with E-state index in [-0.39, 0.29) is 4.90 Å². The van der Waals surface area contributed by atoms with Crippen LogP contribution in [0, 0.1) is 5.82 Å². The van der Waals surface area contributed by atoms with Crippen molar-refractivity contribution in [3.8, 4) is 0 Å². The van der Waals surface area contributed by atoms with Crippen molar-refractivity contribution >= 4 is 10.0 Å². The SMILES string of the molecule is CC(C)N(C)CCNS(=O)(=O)c1cccc(F)c1. The summed E-state index contributed by atoms with van der Waals surface area (Å²) in [5.74, 6) is -0.558. The van der Waals surface area contributed by atoms with E-state index in [4.69, 9.17) is 0 Å². The van der Waals surface area contributed by atoms with Crippen LogP contribution in [0.1, 0.15) is 13.8 Å². The van der Waals surface area contributed by atoms with Gasteiger partial charge < -0.3 is 4.90 Å². The van der Waals surface area contributed by atoms with Crippen molar-refractivity contribution in [1.29, 1.82) is 0 Å². The van der Waals surface area contributed by atoms with Gasteiger partial charge in [-0.3, -0.25) is 0 Å². The van der Waals surface area contributed by atoms with Gasteiger partial charge in [0.25, 0.3) is 0 Å². The number of nitrogens with zero attached hydrogens (tertiary/aromatic N) is 1. The first kappa shape index (κ1) is 15.1. The standard InChI is InChI=1S/C12H19FN2O2S/c1-10(2)15(3)8-7-14-18(16,17)12-6-4-5-11(13)9-12/h4-6,9-10,14H,7-8H2,1-3H3. The molecule has 0 bridgehead atoms. The first-order valence-corrected chi connectivity index (χ1v) is 7.26. The van der Waals surface area contributed by atoms with E-state index in [2.05, 4.69) is 4.72 Å². The highest BCUT2D eigenvalue weighted by molar-refractivity contribution is 7.89. The smallest absolute Gasteiger partial charge is 0.240 e. The lowest BCUT2D eigenvalue weighted by Gasteiger charge is -2.20. The van der Waals surface area contributed by atoms with Crippen LogP contribution in [0.3, 0.4) is 0 Å². The van der Waals surface area contributed by atoms with Gasteiger partial charge in [-0.15, -0.1) is 0 Å². The topological polar surface area (TPSA) is 49.4 Å². The molecule has 0 fully saturated rings. The van der Waals surface area contributed by atoms with Gasteiger partial charge in [-0.05, 0) is 39.1 Å². The van der Waals surface area contributed by atoms with Crippen LogP contribution < -0.4 is 4.72 Å². The molecular weight excluding hydrogens is 255 g/mol. The van der Waals surface area contributed by atoms with Crippen molar-refractivity contribution in [1.82, 2.24) is 9.62 Å². The fourth-order valence-electron chi connectivity index (χ4n) is 1.33. The van der Waals surface area contributed by atoms with Crippen LogP contribution in [0.5, 0.6) is 0 Å². The Hall–Kier alpha value is -0.980. The van der Waals surface area contributed by atoms with Crippen molar-refractivity contribution in [2.24, 2.45) is 0 Å². The molecule has 6 heteroatoms. The van der Waals surface area contributed by atoms with Gasteiger partial charge in [-0.1, -0.05) is 6.07 Å². The summed E-state index contributed by atoms with van der Waals surface area (Å²) in [6, 6.07) is 5.32. The van der Waals surface area contributed by atoms with Crippen molar-refractivity contribution in [2.45, 2.75) is 24.8 Å². The minimum atomic E-state index is -3.62. The van der Waals surface area contributed by atoms with Gasteiger partial charge in [-0.2, -0.15) is 0 Å². The molecule has 0 unspecified atom stereocenters. The normalized spacial score (nSPS) is 12.3. The summed E-state index contributed by atoms with van der Waals surface area (Å²) < 4.78 is 39.1. The van der Waals surface area contributed by atoms with E-state index in [9.17, 15) is 12.8 Å². The monoisotopic (exact) mass is 274 g/mol. The van der Waals surface area contributed by atoms with Gasteiger partial charge in [0.1, 0.15) is 5.82 Å². The highest BCUT2D eigenvalue weighted by Gasteiger charge is 2.14. The zero-order chi connectivity index (χ0) is 13.8. The highest BCUT2D eigenvalue weighted by Crippen LogP contribution is 2.09. The minimum Gasteiger partial charge on any atom is -0.303 e. The average molecular weight is 274 g/mol. The third-order valence-electron chi connectivity index (χ3n) is 2.74. The van der Waals surface area contributed by atoms with Gasteiger partial charge in [0.05, 0.1) is 4.90 Å². The van der Waals surface area contributed by atoms with Crippen LogP contribution in [0.15, 0.2) is 29.2 Å². The molecule has 0 amide bonds. The number of sulfonamides is 1. The Morgan fingerprint density at radius 2 is 2.06 bits per heavy atom. The molecule has 0 heterocycles. The van der Waals surface area contributed by atoms with Gasteiger partial charge in [0.2, 0.25) is 10.0 Å². The van der Waals surface area contributed by atoms with Crippen molar-refractivity contribution in [3.05, 3.63) is 30.1 Å². The molecule has 0 atom stereocenters. The second-order valence-corrected chi connectivity index (χ2v) is 6.20. The summed E-state index contributed by atoms with van der Waals surface area (Å²) in [7, 11) is -1.70. The second kappa shape index (κ2) is 6.26. The number of hydrogen-bond donors (Lipinski definition) is 1. The maximum Gasteiger partial charge on any atom is 0.240 e. The Morgan fingerprint density at radius 3 is 2.61 bits per heavy atom. The zero-order valence-corrected chi connectivity index (χ0v) is 11.7. The Balaban J connectivity index is 2.61. The van der Waals surface area contributed by atoms with Crippen LogP contribution in [-0.4, -0.2) is 39.5 Å². The van der Waals surface area contributed by atoms with Crippen LogP contribution >= 0.6 is 0 Å². The van der Waals surface area contributed by atoms with Gasteiger partial charge in [0.15, 0.2) is 0 Å². The Morgan fingerprint density at radius 1 is 1.39 bits per heavy atom. The maximum atomic E-state index is 13.0. The van der Waals surface area contributed by atoms with Crippen molar-refractivity contribution < 1.29 is 12.8 Å². The number of halogens is 1. The average Bonchev–Trinajstić information content (AvgIpc) is 2.28. The molecule has 0 aliphatic carbocycles. The summed E-state index contributed by atoms with van der Waals surface area (Å²) in [6.45, 7) is 4.96. The molecule has 0 radical (unpaired) electrons. The second-order valence-electron chi connectivity index (χ2n) is 4.43. The van der Waals surface area contributed by atoms with Crippen LogP contribution in [0.4, 0.5) is 4.39 Å². The molecule has 0 spiro atoms. The molecule has 0 saturated heterocycles. The Labute approximate surface area is 108 Å². The Bertz CT molecular complexity index is 489. The van der Waals surface area contributed by atoms with Crippen molar-refractivity contribution in [3.63, 3.8) is 0 Å². The molecule has 0 aliphatic rings. The van der Waals surface area contributed by atoms with Gasteiger partial charge >= 0.3 is 0 Å². The number of rotatable bonds is 6. The molecule has 1 aromatic carbocycles. The van der Waals surface area contributed by atoms with Gasteiger partial charge in [0, 0.05) is 19.1 Å². The third-order valence-corrected chi connectivity index (χ3v) is 4.20. The lowest BCUT2D eigenvalue weighted by molar-refractivity contribution is 0.278. The van der Waals surface area contributed by atoms with E-state index in [1.807, 2.05) is 25.8 Å². The minimum absolute atomic E-state index is 0.0466. The first-order chi connectivity index (χ1) is 8.33. The van der Waals surface area contributed by atoms with Crippen LogP contribution in [0.25, 0.3) is 0 Å². The molecule has 0 aromatic heterocycles. The molecule has 4 nitrogen and oxygen atoms in total. The molecule has 102 valence electrons. The molecule has 1 aromatic rings. The van der Waals surface area contributed by atoms with Crippen LogP contribution in [0.2, 0.25) is 0 Å². The summed E-state index contributed by atoms with van der Waals surface area (Å²) in [5, 5.41) is 0. The quantitative estimate of drug-likeness (QED) is 0.854. The van der Waals surface area contributed by atoms with E-state index >= 15 is 0 Å². The summed E-state index contributed by atoms with van der Waals surface area (Å²) >= 11 is 0. The zero-order valence-electron chi connectivity index (χ0n) is 10.9. The third kappa shape index (κ3) is 4.36. The van der Waals surface area contributed by atoms with Crippen molar-refractivity contribution in [2.75, 3.05) is 20.1 Å². The van der Waals surface area contributed by atoms with E-state index in [0.717, 1.165) is 6.07 Å². The summed E-state index contributed by atoms with van der Waals surface area (Å²) in [5.41, 5.74) is 0. The number of hydrogen-bond acceptors (Lipinski definition) is 3. The predicted octanol–water partition coefficient (Wildman–Crippen LogP) is 1.44. The van der Waals surface area contributed by atoms with Crippen LogP contribution in [-0.2, 0) is 10.0 Å². The summed E-state index contributed by atoms with van der Waals surface area (Å²) in [6.07, 6.45) is 0. The molecule has 0 aliphatic heterocycles. The fourth-order valence-corrected chi connectivity index (χ4v) is 2.38. The summed E-state index contributed by atoms with van der Waals surface area (Å²) in [4.78, 5) is 1.98. The first-order valence-electron chi connectivity index (χ1n) is 5.78. The van der Waals surface area contributed by atoms with E-state index in [1.165, 1.54) is 18.2 Å². The largest absolute Gasteiger partial charge is 0.303 e. The lowest BCUT2D eigenvalue weighted by atomic mass is 10.3. The number of nitrogens with one attached hydrogen (secondary N) is 1. The Kier molecular flexibility index (Phi) is 5.25. The highest BCUT2D eigenvalue weighted by atomic mass is 32.2. The van der Waals surface area contributed by atoms with E-state index < -0.39 is 15.8 Å². The lowest BCUT2D eigenvalue weighted by Crippen LogP contribution is -2.36. The fraction of sp³-hybridized carbons (Fsp3) is 0.500. The predicted molar refractivity (Wildman–Crippen MR) is 69.4 cm³/mol. The molecule has 1 N–H and O–H groups in total. The molecule has 18 heavy (non-hydrogen) atoms. The van der Waals surface area contributed by atoms with Gasteiger partial charge in [-0.25, -0.2) is 17.5 Å². The van der Waals surface area contributed by atoms with E-state index in [0.29, 0.717) is 19.1 Å². The molecule has 1 rings (SSSR count). The number of likely N-dealkylation sites (N-methyl/N-ethyl adjacent to an activating group) is 1. The maximum absolute atomic E-state index is 13.0. The molecule has 0 saturated carbocycles.